The summed E-state index contributed by atoms with van der Waals surface area (Å²) in [5.41, 5.74) is 3.42. The highest BCUT2D eigenvalue weighted by atomic mass is 35.5. The van der Waals surface area contributed by atoms with Crippen molar-refractivity contribution in [2.75, 3.05) is 26.2 Å². The minimum absolute atomic E-state index is 0.00901. The lowest BCUT2D eigenvalue weighted by Crippen LogP contribution is -2.48. The van der Waals surface area contributed by atoms with Gasteiger partial charge in [0.25, 0.3) is 5.91 Å². The third-order valence-electron chi connectivity index (χ3n) is 4.79. The largest absolute Gasteiger partial charge is 0.336 e. The highest BCUT2D eigenvalue weighted by Gasteiger charge is 2.25. The van der Waals surface area contributed by atoms with Gasteiger partial charge in [0.05, 0.1) is 17.5 Å². The van der Waals surface area contributed by atoms with Crippen LogP contribution < -0.4 is 0 Å². The number of hydrogen-bond acceptors (Lipinski definition) is 4. The van der Waals surface area contributed by atoms with Crippen molar-refractivity contribution in [3.63, 3.8) is 0 Å². The molecule has 1 amide bonds. The second-order valence-electron chi connectivity index (χ2n) is 6.60. The summed E-state index contributed by atoms with van der Waals surface area (Å²) in [6.45, 7) is 3.94. The fraction of sp³-hybridized carbons (Fsp3) is 0.250. The number of aromatic nitrogens is 3. The maximum atomic E-state index is 13.0. The third-order valence-corrected chi connectivity index (χ3v) is 5.04. The molecule has 3 heterocycles. The molecule has 1 aromatic carbocycles. The molecule has 138 valence electrons. The summed E-state index contributed by atoms with van der Waals surface area (Å²) in [6.07, 6.45) is 5.28. The number of carbonyl (C=O) groups is 1. The first-order valence-corrected chi connectivity index (χ1v) is 9.28. The number of amides is 1. The number of nitrogens with one attached hydrogen (secondary N) is 1. The second-order valence-corrected chi connectivity index (χ2v) is 7.03. The fourth-order valence-corrected chi connectivity index (χ4v) is 3.44. The first-order chi connectivity index (χ1) is 13.2. The molecule has 27 heavy (non-hydrogen) atoms. The van der Waals surface area contributed by atoms with Gasteiger partial charge in [-0.15, -0.1) is 0 Å². The number of hydrogen-bond donors (Lipinski definition) is 1. The van der Waals surface area contributed by atoms with Crippen LogP contribution in [0.1, 0.15) is 15.9 Å². The SMILES string of the molecule is O=C(c1cn[nH]c1-c1ccc(Cl)cc1)N1CCN(Cc2cccnc2)CC1. The molecule has 0 saturated carbocycles. The van der Waals surface area contributed by atoms with Crippen LogP contribution in [-0.2, 0) is 6.54 Å². The molecule has 1 aliphatic heterocycles. The average molecular weight is 382 g/mol. The van der Waals surface area contributed by atoms with E-state index in [1.165, 1.54) is 5.56 Å². The minimum Gasteiger partial charge on any atom is -0.336 e. The summed E-state index contributed by atoms with van der Waals surface area (Å²) in [6, 6.07) is 11.4. The van der Waals surface area contributed by atoms with Crippen LogP contribution in [0.2, 0.25) is 5.02 Å². The lowest BCUT2D eigenvalue weighted by molar-refractivity contribution is 0.0629. The molecule has 2 aromatic heterocycles. The van der Waals surface area contributed by atoms with Crippen molar-refractivity contribution in [3.05, 3.63) is 71.1 Å². The van der Waals surface area contributed by atoms with Crippen LogP contribution in [0.4, 0.5) is 0 Å². The van der Waals surface area contributed by atoms with E-state index in [9.17, 15) is 4.79 Å². The van der Waals surface area contributed by atoms with Crippen LogP contribution >= 0.6 is 11.6 Å². The predicted molar refractivity (Wildman–Crippen MR) is 104 cm³/mol. The van der Waals surface area contributed by atoms with Crippen LogP contribution in [0.3, 0.4) is 0 Å². The van der Waals surface area contributed by atoms with E-state index in [0.717, 1.165) is 30.9 Å². The van der Waals surface area contributed by atoms with E-state index in [4.69, 9.17) is 11.6 Å². The maximum Gasteiger partial charge on any atom is 0.257 e. The molecule has 7 heteroatoms. The Balaban J connectivity index is 1.42. The summed E-state index contributed by atoms with van der Waals surface area (Å²) in [7, 11) is 0. The highest BCUT2D eigenvalue weighted by molar-refractivity contribution is 6.30. The Kier molecular flexibility index (Phi) is 5.18. The average Bonchev–Trinajstić information content (AvgIpc) is 3.19. The van der Waals surface area contributed by atoms with Crippen LogP contribution in [0.25, 0.3) is 11.3 Å². The van der Waals surface area contributed by atoms with Gasteiger partial charge in [0.2, 0.25) is 0 Å². The molecule has 4 rings (SSSR count). The number of aromatic amines is 1. The minimum atomic E-state index is 0.00901. The van der Waals surface area contributed by atoms with E-state index in [-0.39, 0.29) is 5.91 Å². The monoisotopic (exact) mass is 381 g/mol. The fourth-order valence-electron chi connectivity index (χ4n) is 3.31. The molecule has 0 spiro atoms. The molecule has 0 unspecified atom stereocenters. The van der Waals surface area contributed by atoms with E-state index < -0.39 is 0 Å². The Bertz CT molecular complexity index is 902. The van der Waals surface area contributed by atoms with Crippen molar-refractivity contribution in [2.45, 2.75) is 6.54 Å². The van der Waals surface area contributed by atoms with Crippen molar-refractivity contribution >= 4 is 17.5 Å². The lowest BCUT2D eigenvalue weighted by Gasteiger charge is -2.34. The van der Waals surface area contributed by atoms with E-state index >= 15 is 0 Å². The van der Waals surface area contributed by atoms with Gasteiger partial charge in [0.15, 0.2) is 0 Å². The van der Waals surface area contributed by atoms with Gasteiger partial charge < -0.3 is 4.90 Å². The zero-order valence-corrected chi connectivity index (χ0v) is 15.6. The predicted octanol–water partition coefficient (Wildman–Crippen LogP) is 3.08. The quantitative estimate of drug-likeness (QED) is 0.754. The summed E-state index contributed by atoms with van der Waals surface area (Å²) in [5, 5.41) is 7.69. The van der Waals surface area contributed by atoms with Crippen LogP contribution in [-0.4, -0.2) is 57.1 Å². The van der Waals surface area contributed by atoms with E-state index in [1.54, 1.807) is 12.4 Å². The Morgan fingerprint density at radius 1 is 1.07 bits per heavy atom. The van der Waals surface area contributed by atoms with E-state index in [1.807, 2.05) is 41.4 Å². The van der Waals surface area contributed by atoms with Gasteiger partial charge in [0, 0.05) is 55.7 Å². The zero-order valence-electron chi connectivity index (χ0n) is 14.8. The maximum absolute atomic E-state index is 13.0. The van der Waals surface area contributed by atoms with Crippen LogP contribution in [0.5, 0.6) is 0 Å². The molecule has 0 atom stereocenters. The zero-order chi connectivity index (χ0) is 18.6. The number of piperazine rings is 1. The molecule has 6 nitrogen and oxygen atoms in total. The molecular weight excluding hydrogens is 362 g/mol. The molecule has 0 radical (unpaired) electrons. The van der Waals surface area contributed by atoms with Gasteiger partial charge in [-0.1, -0.05) is 29.8 Å². The third kappa shape index (κ3) is 4.02. The van der Waals surface area contributed by atoms with Crippen LogP contribution in [0, 0.1) is 0 Å². The van der Waals surface area contributed by atoms with Crippen LogP contribution in [0.15, 0.2) is 55.0 Å². The molecule has 1 saturated heterocycles. The first kappa shape index (κ1) is 17.7. The number of halogens is 1. The molecule has 3 aromatic rings. The molecule has 1 fully saturated rings. The van der Waals surface area contributed by atoms with Gasteiger partial charge in [0.1, 0.15) is 0 Å². The lowest BCUT2D eigenvalue weighted by atomic mass is 10.1. The molecule has 1 aliphatic rings. The number of H-pyrrole nitrogens is 1. The summed E-state index contributed by atoms with van der Waals surface area (Å²) in [5.74, 6) is 0.00901. The van der Waals surface area contributed by atoms with Crippen molar-refractivity contribution in [1.29, 1.82) is 0 Å². The number of pyridine rings is 1. The molecular formula is C20H20ClN5O. The Hall–Kier alpha value is -2.70. The standard InChI is InChI=1S/C20H20ClN5O/c21-17-5-3-16(4-6-17)19-18(13-23-24-19)20(27)26-10-8-25(9-11-26)14-15-2-1-7-22-12-15/h1-7,12-13H,8-11,14H2,(H,23,24). The molecule has 1 N–H and O–H groups in total. The Morgan fingerprint density at radius 2 is 1.85 bits per heavy atom. The number of benzene rings is 1. The van der Waals surface area contributed by atoms with Crippen molar-refractivity contribution < 1.29 is 4.79 Å². The second kappa shape index (κ2) is 7.90. The smallest absolute Gasteiger partial charge is 0.257 e. The Morgan fingerprint density at radius 3 is 2.56 bits per heavy atom. The van der Waals surface area contributed by atoms with Crippen molar-refractivity contribution in [2.24, 2.45) is 0 Å². The summed E-state index contributed by atoms with van der Waals surface area (Å²) < 4.78 is 0. The van der Waals surface area contributed by atoms with Gasteiger partial charge in [-0.25, -0.2) is 0 Å². The number of rotatable bonds is 4. The van der Waals surface area contributed by atoms with Gasteiger partial charge >= 0.3 is 0 Å². The first-order valence-electron chi connectivity index (χ1n) is 8.90. The van der Waals surface area contributed by atoms with E-state index in [0.29, 0.717) is 23.7 Å². The van der Waals surface area contributed by atoms with Gasteiger partial charge in [-0.2, -0.15) is 5.10 Å². The van der Waals surface area contributed by atoms with E-state index in [2.05, 4.69) is 26.1 Å². The summed E-state index contributed by atoms with van der Waals surface area (Å²) in [4.78, 5) is 21.4. The number of carbonyl (C=O) groups excluding carboxylic acids is 1. The van der Waals surface area contributed by atoms with Crippen molar-refractivity contribution in [3.8, 4) is 11.3 Å². The van der Waals surface area contributed by atoms with Crippen molar-refractivity contribution in [1.82, 2.24) is 25.0 Å². The normalized spacial score (nSPS) is 15.1. The van der Waals surface area contributed by atoms with Gasteiger partial charge in [-0.3, -0.25) is 19.8 Å². The van der Waals surface area contributed by atoms with Gasteiger partial charge in [-0.05, 0) is 23.8 Å². The summed E-state index contributed by atoms with van der Waals surface area (Å²) >= 11 is 5.96. The topological polar surface area (TPSA) is 65.1 Å². The Labute approximate surface area is 162 Å². The number of nitrogens with zero attached hydrogens (tertiary/aromatic N) is 4. The molecule has 0 bridgehead atoms. The molecule has 0 aliphatic carbocycles. The highest BCUT2D eigenvalue weighted by Crippen LogP contribution is 2.24.